The van der Waals surface area contributed by atoms with Gasteiger partial charge >= 0.3 is 0 Å². The third-order valence-corrected chi connectivity index (χ3v) is 4.43. The molecule has 104 valence electrons. The van der Waals surface area contributed by atoms with Gasteiger partial charge in [-0.3, -0.25) is 4.98 Å². The van der Waals surface area contributed by atoms with Gasteiger partial charge in [-0.15, -0.1) is 0 Å². The van der Waals surface area contributed by atoms with E-state index in [4.69, 9.17) is 21.1 Å². The molecule has 0 bridgehead atoms. The van der Waals surface area contributed by atoms with Gasteiger partial charge in [-0.1, -0.05) is 11.6 Å². The Morgan fingerprint density at radius 1 is 1.47 bits per heavy atom. The van der Waals surface area contributed by atoms with Gasteiger partial charge in [0, 0.05) is 25.8 Å². The Morgan fingerprint density at radius 2 is 2.37 bits per heavy atom. The molecule has 2 saturated heterocycles. The third kappa shape index (κ3) is 2.63. The summed E-state index contributed by atoms with van der Waals surface area (Å²) in [6.07, 6.45) is 3.58. The smallest absolute Gasteiger partial charge is 0.100 e. The van der Waals surface area contributed by atoms with E-state index in [0.29, 0.717) is 23.9 Å². The van der Waals surface area contributed by atoms with Crippen LogP contribution in [-0.2, 0) is 9.47 Å². The molecule has 1 aromatic heterocycles. The van der Waals surface area contributed by atoms with E-state index in [0.717, 1.165) is 25.9 Å². The predicted octanol–water partition coefficient (Wildman–Crippen LogP) is 2.35. The molecule has 3 atom stereocenters. The van der Waals surface area contributed by atoms with Crippen molar-refractivity contribution in [3.05, 3.63) is 29.0 Å². The van der Waals surface area contributed by atoms with E-state index in [1.165, 1.54) is 0 Å². The summed E-state index contributed by atoms with van der Waals surface area (Å²) in [6.45, 7) is 2.04. The lowest BCUT2D eigenvalue weighted by molar-refractivity contribution is -0.117. The van der Waals surface area contributed by atoms with Crippen molar-refractivity contribution in [2.75, 3.05) is 19.8 Å². The molecule has 0 aliphatic carbocycles. The van der Waals surface area contributed by atoms with Crippen molar-refractivity contribution in [2.24, 2.45) is 5.92 Å². The van der Waals surface area contributed by atoms with Crippen molar-refractivity contribution in [3.8, 4) is 0 Å². The van der Waals surface area contributed by atoms with Crippen LogP contribution < -0.4 is 0 Å². The van der Waals surface area contributed by atoms with Crippen LogP contribution in [0.1, 0.15) is 31.1 Å². The maximum Gasteiger partial charge on any atom is 0.100 e. The summed E-state index contributed by atoms with van der Waals surface area (Å²) < 4.78 is 11.3. The van der Waals surface area contributed by atoms with Gasteiger partial charge in [0.1, 0.15) is 6.10 Å². The number of aliphatic hydroxyl groups excluding tert-OH is 1. The van der Waals surface area contributed by atoms with Gasteiger partial charge in [0.2, 0.25) is 0 Å². The van der Waals surface area contributed by atoms with Gasteiger partial charge in [0.15, 0.2) is 0 Å². The van der Waals surface area contributed by atoms with Crippen LogP contribution >= 0.6 is 11.6 Å². The highest BCUT2D eigenvalue weighted by Gasteiger charge is 2.43. The minimum absolute atomic E-state index is 0.128. The molecule has 1 spiro atoms. The number of aromatic nitrogens is 1. The molecule has 1 N–H and O–H groups in total. The Bertz CT molecular complexity index is 448. The number of aliphatic hydroxyl groups is 1. The molecule has 2 aliphatic rings. The molecule has 0 aromatic carbocycles. The standard InChI is InChI=1S/C14H18ClNO3/c15-11-2-1-5-16-12(11)13(17)10-3-6-19-14(8-10)4-7-18-9-14/h1-2,5,10,13,17H,3-4,6-9H2. The molecule has 0 amide bonds. The molecular weight excluding hydrogens is 266 g/mol. The van der Waals surface area contributed by atoms with E-state index in [9.17, 15) is 5.11 Å². The highest BCUT2D eigenvalue weighted by Crippen LogP contribution is 2.41. The monoisotopic (exact) mass is 283 g/mol. The number of halogens is 1. The first kappa shape index (κ1) is 13.3. The predicted molar refractivity (Wildman–Crippen MR) is 71.0 cm³/mol. The molecule has 3 unspecified atom stereocenters. The second-order valence-corrected chi connectivity index (χ2v) is 5.81. The summed E-state index contributed by atoms with van der Waals surface area (Å²) in [5.41, 5.74) is 0.371. The van der Waals surface area contributed by atoms with E-state index >= 15 is 0 Å². The van der Waals surface area contributed by atoms with Gasteiger partial charge in [-0.2, -0.15) is 0 Å². The first-order valence-corrected chi connectivity index (χ1v) is 7.08. The maximum atomic E-state index is 10.5. The van der Waals surface area contributed by atoms with E-state index in [1.807, 2.05) is 0 Å². The summed E-state index contributed by atoms with van der Waals surface area (Å²) in [5, 5.41) is 11.1. The van der Waals surface area contributed by atoms with Gasteiger partial charge < -0.3 is 14.6 Å². The zero-order valence-corrected chi connectivity index (χ0v) is 11.5. The highest BCUT2D eigenvalue weighted by atomic mass is 35.5. The molecule has 3 heterocycles. The molecule has 0 radical (unpaired) electrons. The van der Waals surface area contributed by atoms with Gasteiger partial charge in [0.05, 0.1) is 22.9 Å². The lowest BCUT2D eigenvalue weighted by Crippen LogP contribution is -2.42. The van der Waals surface area contributed by atoms with Crippen LogP contribution in [0.4, 0.5) is 0 Å². The molecule has 5 heteroatoms. The first-order valence-electron chi connectivity index (χ1n) is 6.70. The molecule has 4 nitrogen and oxygen atoms in total. The topological polar surface area (TPSA) is 51.6 Å². The van der Waals surface area contributed by atoms with Crippen LogP contribution in [0.25, 0.3) is 0 Å². The third-order valence-electron chi connectivity index (χ3n) is 4.11. The van der Waals surface area contributed by atoms with Crippen molar-refractivity contribution < 1.29 is 14.6 Å². The minimum atomic E-state index is -0.630. The fourth-order valence-electron chi connectivity index (χ4n) is 3.04. The molecular formula is C14H18ClNO3. The summed E-state index contributed by atoms with van der Waals surface area (Å²) in [5.74, 6) is 0.128. The fourth-order valence-corrected chi connectivity index (χ4v) is 3.27. The number of hydrogen-bond acceptors (Lipinski definition) is 4. The van der Waals surface area contributed by atoms with Crippen molar-refractivity contribution in [1.82, 2.24) is 4.98 Å². The van der Waals surface area contributed by atoms with Crippen LogP contribution in [0, 0.1) is 5.92 Å². The van der Waals surface area contributed by atoms with E-state index in [2.05, 4.69) is 4.98 Å². The number of hydrogen-bond donors (Lipinski definition) is 1. The summed E-state index contributed by atoms with van der Waals surface area (Å²) in [4.78, 5) is 4.21. The Labute approximate surface area is 117 Å². The van der Waals surface area contributed by atoms with Gasteiger partial charge in [0.25, 0.3) is 0 Å². The second-order valence-electron chi connectivity index (χ2n) is 5.40. The van der Waals surface area contributed by atoms with Crippen LogP contribution in [0.15, 0.2) is 18.3 Å². The SMILES string of the molecule is OC(c1ncccc1Cl)C1CCOC2(CCOC2)C1. The van der Waals surface area contributed by atoms with Crippen molar-refractivity contribution in [1.29, 1.82) is 0 Å². The number of rotatable bonds is 2. The normalized spacial score (nSPS) is 32.6. The molecule has 19 heavy (non-hydrogen) atoms. The summed E-state index contributed by atoms with van der Waals surface area (Å²) >= 11 is 6.11. The molecule has 0 saturated carbocycles. The Kier molecular flexibility index (Phi) is 3.76. The summed E-state index contributed by atoms with van der Waals surface area (Å²) in [7, 11) is 0. The maximum absolute atomic E-state index is 10.5. The average Bonchev–Trinajstić information content (AvgIpc) is 2.86. The lowest BCUT2D eigenvalue weighted by Gasteiger charge is -2.38. The molecule has 3 rings (SSSR count). The Hall–Kier alpha value is -0.680. The van der Waals surface area contributed by atoms with Crippen molar-refractivity contribution in [2.45, 2.75) is 31.0 Å². The fraction of sp³-hybridized carbons (Fsp3) is 0.643. The van der Waals surface area contributed by atoms with Gasteiger partial charge in [-0.25, -0.2) is 0 Å². The summed E-state index contributed by atoms with van der Waals surface area (Å²) in [6, 6.07) is 3.54. The van der Waals surface area contributed by atoms with Crippen molar-refractivity contribution in [3.63, 3.8) is 0 Å². The molecule has 1 aromatic rings. The molecule has 2 fully saturated rings. The van der Waals surface area contributed by atoms with Gasteiger partial charge in [-0.05, 0) is 30.9 Å². The van der Waals surface area contributed by atoms with Crippen LogP contribution in [0.3, 0.4) is 0 Å². The number of pyridine rings is 1. The van der Waals surface area contributed by atoms with Crippen LogP contribution in [0.2, 0.25) is 5.02 Å². The number of nitrogens with zero attached hydrogens (tertiary/aromatic N) is 1. The first-order chi connectivity index (χ1) is 9.20. The Morgan fingerprint density at radius 3 is 3.11 bits per heavy atom. The minimum Gasteiger partial charge on any atom is -0.386 e. The van der Waals surface area contributed by atoms with Crippen LogP contribution in [-0.4, -0.2) is 35.5 Å². The quantitative estimate of drug-likeness (QED) is 0.905. The second kappa shape index (κ2) is 5.37. The highest BCUT2D eigenvalue weighted by molar-refractivity contribution is 6.31. The Balaban J connectivity index is 1.76. The zero-order chi connectivity index (χ0) is 13.3. The van der Waals surface area contributed by atoms with E-state index in [-0.39, 0.29) is 11.5 Å². The number of ether oxygens (including phenoxy) is 2. The zero-order valence-electron chi connectivity index (χ0n) is 10.7. The molecule has 2 aliphatic heterocycles. The van der Waals surface area contributed by atoms with Crippen LogP contribution in [0.5, 0.6) is 0 Å². The van der Waals surface area contributed by atoms with E-state index in [1.54, 1.807) is 18.3 Å². The average molecular weight is 284 g/mol. The van der Waals surface area contributed by atoms with Crippen molar-refractivity contribution >= 4 is 11.6 Å². The van der Waals surface area contributed by atoms with E-state index < -0.39 is 6.10 Å². The largest absolute Gasteiger partial charge is 0.386 e. The lowest BCUT2D eigenvalue weighted by atomic mass is 9.81.